The molecule has 2 rings (SSSR count). The number of carbonyl (C=O) groups excluding carboxylic acids is 2. The van der Waals surface area contributed by atoms with Gasteiger partial charge in [0.1, 0.15) is 12.1 Å². The number of aromatic nitrogens is 1. The van der Waals surface area contributed by atoms with E-state index in [1.807, 2.05) is 0 Å². The fraction of sp³-hybridized carbons (Fsp3) is 0.267. The molecule has 1 aromatic heterocycles. The molecule has 1 aromatic carbocycles. The third kappa shape index (κ3) is 3.10. The van der Waals surface area contributed by atoms with Gasteiger partial charge in [0.25, 0.3) is 5.91 Å². The summed E-state index contributed by atoms with van der Waals surface area (Å²) in [4.78, 5) is 40.0. The Labute approximate surface area is 121 Å². The number of H-pyrrole nitrogens is 1. The number of hydrogen-bond acceptors (Lipinski definition) is 4. The number of ether oxygens (including phenoxy) is 1. The van der Waals surface area contributed by atoms with Gasteiger partial charge in [-0.25, -0.2) is 0 Å². The lowest BCUT2D eigenvalue weighted by atomic mass is 10.1. The Morgan fingerprint density at radius 3 is 2.71 bits per heavy atom. The highest BCUT2D eigenvalue weighted by atomic mass is 16.5. The van der Waals surface area contributed by atoms with Crippen molar-refractivity contribution in [2.24, 2.45) is 0 Å². The van der Waals surface area contributed by atoms with Crippen LogP contribution in [0.5, 0.6) is 0 Å². The Hall–Kier alpha value is -2.63. The largest absolute Gasteiger partial charge is 0.465 e. The van der Waals surface area contributed by atoms with E-state index in [0.29, 0.717) is 10.9 Å². The number of nitrogens with zero attached hydrogens (tertiary/aromatic N) is 1. The molecule has 0 saturated heterocycles. The Balaban J connectivity index is 2.29. The van der Waals surface area contributed by atoms with Crippen LogP contribution in [-0.2, 0) is 9.53 Å². The number of benzene rings is 1. The quantitative estimate of drug-likeness (QED) is 0.856. The molecule has 0 atom stereocenters. The van der Waals surface area contributed by atoms with Gasteiger partial charge in [-0.1, -0.05) is 12.1 Å². The van der Waals surface area contributed by atoms with Crippen molar-refractivity contribution in [3.63, 3.8) is 0 Å². The number of nitrogens with one attached hydrogen (secondary N) is 1. The van der Waals surface area contributed by atoms with Crippen molar-refractivity contribution in [3.05, 3.63) is 46.2 Å². The number of amides is 1. The minimum atomic E-state index is -0.518. The molecule has 0 radical (unpaired) electrons. The van der Waals surface area contributed by atoms with E-state index >= 15 is 0 Å². The molecule has 6 nitrogen and oxygen atoms in total. The molecule has 110 valence electrons. The highest BCUT2D eigenvalue weighted by Crippen LogP contribution is 2.08. The fourth-order valence-corrected chi connectivity index (χ4v) is 2.00. The number of likely N-dealkylation sites (N-methyl/N-ethyl adjacent to an activating group) is 1. The maximum Gasteiger partial charge on any atom is 0.325 e. The van der Waals surface area contributed by atoms with Crippen molar-refractivity contribution in [1.29, 1.82) is 0 Å². The molecule has 0 bridgehead atoms. The number of para-hydroxylation sites is 1. The number of rotatable bonds is 4. The lowest BCUT2D eigenvalue weighted by molar-refractivity contribution is -0.143. The summed E-state index contributed by atoms with van der Waals surface area (Å²) in [5, 5.41) is 0.438. The van der Waals surface area contributed by atoms with Gasteiger partial charge >= 0.3 is 5.97 Å². The second-order valence-corrected chi connectivity index (χ2v) is 4.54. The summed E-state index contributed by atoms with van der Waals surface area (Å²) in [6, 6.07) is 6.93. The Kier molecular flexibility index (Phi) is 4.37. The van der Waals surface area contributed by atoms with Gasteiger partial charge in [-0.2, -0.15) is 0 Å². The Morgan fingerprint density at radius 2 is 2.00 bits per heavy atom. The van der Waals surface area contributed by atoms with E-state index < -0.39 is 11.9 Å². The van der Waals surface area contributed by atoms with Gasteiger partial charge in [-0.15, -0.1) is 0 Å². The first-order valence-electron chi connectivity index (χ1n) is 6.56. The van der Waals surface area contributed by atoms with E-state index in [1.165, 1.54) is 13.2 Å². The second-order valence-electron chi connectivity index (χ2n) is 4.54. The first-order valence-corrected chi connectivity index (χ1v) is 6.56. The van der Waals surface area contributed by atoms with E-state index in [1.54, 1.807) is 31.2 Å². The molecule has 1 heterocycles. The SMILES string of the molecule is CCOC(=O)CN(C)C(=O)c1c[nH]c2ccccc2c1=O. The predicted molar refractivity (Wildman–Crippen MR) is 78.2 cm³/mol. The van der Waals surface area contributed by atoms with E-state index in [-0.39, 0.29) is 24.1 Å². The van der Waals surface area contributed by atoms with Gasteiger partial charge in [0.2, 0.25) is 5.43 Å². The van der Waals surface area contributed by atoms with Crippen molar-refractivity contribution in [2.45, 2.75) is 6.92 Å². The van der Waals surface area contributed by atoms with E-state index in [0.717, 1.165) is 4.90 Å². The first-order chi connectivity index (χ1) is 10.0. The van der Waals surface area contributed by atoms with Gasteiger partial charge in [-0.3, -0.25) is 14.4 Å². The van der Waals surface area contributed by atoms with Gasteiger partial charge in [-0.05, 0) is 19.1 Å². The number of fused-ring (bicyclic) bond motifs is 1. The summed E-state index contributed by atoms with van der Waals surface area (Å²) in [7, 11) is 1.45. The zero-order chi connectivity index (χ0) is 15.4. The number of pyridine rings is 1. The van der Waals surface area contributed by atoms with E-state index in [9.17, 15) is 14.4 Å². The molecule has 0 fully saturated rings. The second kappa shape index (κ2) is 6.21. The molecule has 1 amide bonds. The molecular weight excluding hydrogens is 272 g/mol. The Morgan fingerprint density at radius 1 is 1.29 bits per heavy atom. The molecule has 0 aliphatic heterocycles. The summed E-state index contributed by atoms with van der Waals surface area (Å²) < 4.78 is 4.78. The molecule has 21 heavy (non-hydrogen) atoms. The lowest BCUT2D eigenvalue weighted by Crippen LogP contribution is -2.35. The number of esters is 1. The van der Waals surface area contributed by atoms with Gasteiger partial charge < -0.3 is 14.6 Å². The molecule has 1 N–H and O–H groups in total. The van der Waals surface area contributed by atoms with Gasteiger partial charge in [0, 0.05) is 24.1 Å². The molecule has 6 heteroatoms. The van der Waals surface area contributed by atoms with Crippen LogP contribution in [0.1, 0.15) is 17.3 Å². The normalized spacial score (nSPS) is 10.4. The van der Waals surface area contributed by atoms with Crippen molar-refractivity contribution in [1.82, 2.24) is 9.88 Å². The zero-order valence-corrected chi connectivity index (χ0v) is 11.9. The number of aromatic amines is 1. The van der Waals surface area contributed by atoms with Crippen molar-refractivity contribution >= 4 is 22.8 Å². The average molecular weight is 288 g/mol. The molecular formula is C15H16N2O4. The van der Waals surface area contributed by atoms with Crippen molar-refractivity contribution in [3.8, 4) is 0 Å². The van der Waals surface area contributed by atoms with Crippen LogP contribution in [0.2, 0.25) is 0 Å². The fourth-order valence-electron chi connectivity index (χ4n) is 2.00. The topological polar surface area (TPSA) is 79.5 Å². The highest BCUT2D eigenvalue weighted by molar-refractivity contribution is 5.98. The van der Waals surface area contributed by atoms with Gasteiger partial charge in [0.15, 0.2) is 0 Å². The number of carbonyl (C=O) groups is 2. The minimum Gasteiger partial charge on any atom is -0.465 e. The van der Waals surface area contributed by atoms with E-state index in [4.69, 9.17) is 4.74 Å². The monoisotopic (exact) mass is 288 g/mol. The number of hydrogen-bond donors (Lipinski definition) is 1. The highest BCUT2D eigenvalue weighted by Gasteiger charge is 2.19. The van der Waals surface area contributed by atoms with Crippen LogP contribution in [0.25, 0.3) is 10.9 Å². The van der Waals surface area contributed by atoms with Crippen LogP contribution >= 0.6 is 0 Å². The smallest absolute Gasteiger partial charge is 0.325 e. The molecule has 0 aliphatic rings. The third-order valence-corrected chi connectivity index (χ3v) is 3.04. The van der Waals surface area contributed by atoms with Crippen LogP contribution in [0.15, 0.2) is 35.3 Å². The van der Waals surface area contributed by atoms with Crippen molar-refractivity contribution < 1.29 is 14.3 Å². The van der Waals surface area contributed by atoms with Gasteiger partial charge in [0.05, 0.1) is 6.61 Å². The first kappa shape index (κ1) is 14.8. The molecule has 0 saturated carbocycles. The molecule has 0 unspecified atom stereocenters. The van der Waals surface area contributed by atoms with Crippen LogP contribution in [0.4, 0.5) is 0 Å². The molecule has 2 aromatic rings. The van der Waals surface area contributed by atoms with Crippen LogP contribution in [-0.4, -0.2) is 42.0 Å². The maximum atomic E-state index is 12.3. The summed E-state index contributed by atoms with van der Waals surface area (Å²) in [6.45, 7) is 1.74. The molecule has 0 spiro atoms. The minimum absolute atomic E-state index is 0.000462. The summed E-state index contributed by atoms with van der Waals surface area (Å²) in [6.07, 6.45) is 1.37. The summed E-state index contributed by atoms with van der Waals surface area (Å²) in [5.41, 5.74) is 0.303. The predicted octanol–water partition coefficient (Wildman–Crippen LogP) is 1.16. The zero-order valence-electron chi connectivity index (χ0n) is 11.9. The summed E-state index contributed by atoms with van der Waals surface area (Å²) in [5.74, 6) is -1.03. The summed E-state index contributed by atoms with van der Waals surface area (Å²) >= 11 is 0. The average Bonchev–Trinajstić information content (AvgIpc) is 2.47. The van der Waals surface area contributed by atoms with Crippen LogP contribution < -0.4 is 5.43 Å². The van der Waals surface area contributed by atoms with Crippen molar-refractivity contribution in [2.75, 3.05) is 20.2 Å². The lowest BCUT2D eigenvalue weighted by Gasteiger charge is -2.15. The third-order valence-electron chi connectivity index (χ3n) is 3.04. The van der Waals surface area contributed by atoms with E-state index in [2.05, 4.69) is 4.98 Å². The van der Waals surface area contributed by atoms with Crippen LogP contribution in [0, 0.1) is 0 Å². The Bertz CT molecular complexity index is 736. The molecule has 0 aliphatic carbocycles. The standard InChI is InChI=1S/C15H16N2O4/c1-3-21-13(18)9-17(2)15(20)11-8-16-12-7-5-4-6-10(12)14(11)19/h4-8H,3,9H2,1-2H3,(H,16,19). The van der Waals surface area contributed by atoms with Crippen LogP contribution in [0.3, 0.4) is 0 Å². The maximum absolute atomic E-state index is 12.3.